The third-order valence-corrected chi connectivity index (χ3v) is 7.13. The van der Waals surface area contributed by atoms with Gasteiger partial charge in [0.15, 0.2) is 0 Å². The summed E-state index contributed by atoms with van der Waals surface area (Å²) in [5, 5.41) is 2.03. The van der Waals surface area contributed by atoms with E-state index in [9.17, 15) is 4.79 Å². The number of anilines is 2. The van der Waals surface area contributed by atoms with Crippen LogP contribution in [0.2, 0.25) is 0 Å². The van der Waals surface area contributed by atoms with Crippen molar-refractivity contribution in [3.05, 3.63) is 125 Å². The predicted molar refractivity (Wildman–Crippen MR) is 147 cm³/mol. The molecule has 1 aliphatic rings. The fourth-order valence-corrected chi connectivity index (χ4v) is 5.64. The molecule has 0 unspecified atom stereocenters. The molecule has 36 heavy (non-hydrogen) atoms. The van der Waals surface area contributed by atoms with E-state index in [1.165, 1.54) is 11.1 Å². The van der Waals surface area contributed by atoms with Crippen molar-refractivity contribution in [2.75, 3.05) is 12.0 Å². The first-order valence-electron chi connectivity index (χ1n) is 12.4. The molecule has 1 heterocycles. The molecule has 0 N–H and O–H groups in total. The molecule has 0 spiro atoms. The van der Waals surface area contributed by atoms with Crippen molar-refractivity contribution in [3.63, 3.8) is 0 Å². The molecule has 176 valence electrons. The Morgan fingerprint density at radius 2 is 1.33 bits per heavy atom. The fourth-order valence-electron chi connectivity index (χ4n) is 5.64. The van der Waals surface area contributed by atoms with Gasteiger partial charge in [0.1, 0.15) is 5.75 Å². The highest BCUT2D eigenvalue weighted by Gasteiger charge is 2.37. The van der Waals surface area contributed by atoms with Crippen LogP contribution < -0.4 is 9.64 Å². The summed E-state index contributed by atoms with van der Waals surface area (Å²) >= 11 is 0. The standard InChI is InChI=1S/C33H27NO2/c1-3-25-29(23-15-9-5-10-16-23)26(21-22-13-7-4-8-14-22)31-32-27(19-20-28(36-2)30(25)32)34(33(31)35)24-17-11-6-12-18-24/h4-20H,3,21H2,1-2H3. The minimum absolute atomic E-state index is 0.0141. The van der Waals surface area contributed by atoms with E-state index in [0.29, 0.717) is 6.42 Å². The fraction of sp³-hybridized carbons (Fsp3) is 0.121. The van der Waals surface area contributed by atoms with Crippen LogP contribution in [0.15, 0.2) is 103 Å². The van der Waals surface area contributed by atoms with Crippen LogP contribution in [0.1, 0.15) is 34.0 Å². The van der Waals surface area contributed by atoms with Crippen LogP contribution >= 0.6 is 0 Å². The predicted octanol–water partition coefficient (Wildman–Crippen LogP) is 7.96. The largest absolute Gasteiger partial charge is 0.496 e. The van der Waals surface area contributed by atoms with Gasteiger partial charge in [-0.3, -0.25) is 9.69 Å². The second-order valence-corrected chi connectivity index (χ2v) is 9.10. The summed E-state index contributed by atoms with van der Waals surface area (Å²) in [5.41, 5.74) is 8.31. The van der Waals surface area contributed by atoms with Gasteiger partial charge in [0, 0.05) is 16.5 Å². The molecule has 0 aliphatic carbocycles. The Morgan fingerprint density at radius 1 is 0.694 bits per heavy atom. The maximum Gasteiger partial charge on any atom is 0.263 e. The summed E-state index contributed by atoms with van der Waals surface area (Å²) in [5.74, 6) is 0.818. The molecule has 0 bridgehead atoms. The van der Waals surface area contributed by atoms with E-state index in [2.05, 4.69) is 55.5 Å². The third kappa shape index (κ3) is 3.39. The molecular formula is C33H27NO2. The molecule has 3 nitrogen and oxygen atoms in total. The first kappa shape index (κ1) is 22.1. The van der Waals surface area contributed by atoms with E-state index in [4.69, 9.17) is 4.74 Å². The summed E-state index contributed by atoms with van der Waals surface area (Å²) < 4.78 is 5.90. The van der Waals surface area contributed by atoms with Crippen LogP contribution in [0.25, 0.3) is 21.9 Å². The minimum atomic E-state index is 0.0141. The lowest BCUT2D eigenvalue weighted by atomic mass is 9.82. The number of amides is 1. The number of para-hydroxylation sites is 1. The van der Waals surface area contributed by atoms with Crippen molar-refractivity contribution in [1.29, 1.82) is 0 Å². The molecule has 1 aliphatic heterocycles. The molecule has 6 rings (SSSR count). The highest BCUT2D eigenvalue weighted by Crippen LogP contribution is 2.51. The lowest BCUT2D eigenvalue weighted by molar-refractivity contribution is 0.100. The smallest absolute Gasteiger partial charge is 0.263 e. The summed E-state index contributed by atoms with van der Waals surface area (Å²) in [6.07, 6.45) is 1.50. The average Bonchev–Trinajstić information content (AvgIpc) is 3.24. The van der Waals surface area contributed by atoms with Crippen molar-refractivity contribution < 1.29 is 9.53 Å². The maximum atomic E-state index is 14.4. The lowest BCUT2D eigenvalue weighted by Gasteiger charge is -2.21. The van der Waals surface area contributed by atoms with Crippen LogP contribution in [0.5, 0.6) is 5.75 Å². The number of nitrogens with zero attached hydrogens (tertiary/aromatic N) is 1. The van der Waals surface area contributed by atoms with Gasteiger partial charge in [-0.15, -0.1) is 0 Å². The number of hydrogen-bond donors (Lipinski definition) is 0. The molecule has 0 atom stereocenters. The Hall–Kier alpha value is -4.37. The van der Waals surface area contributed by atoms with Crippen LogP contribution in [-0.2, 0) is 12.8 Å². The maximum absolute atomic E-state index is 14.4. The summed E-state index contributed by atoms with van der Waals surface area (Å²) in [6, 6.07) is 34.8. The second kappa shape index (κ2) is 9.01. The highest BCUT2D eigenvalue weighted by molar-refractivity contribution is 6.30. The quantitative estimate of drug-likeness (QED) is 0.252. The molecule has 5 aromatic carbocycles. The van der Waals surface area contributed by atoms with Crippen LogP contribution in [0.4, 0.5) is 11.4 Å². The summed E-state index contributed by atoms with van der Waals surface area (Å²) in [4.78, 5) is 16.2. The number of hydrogen-bond acceptors (Lipinski definition) is 2. The van der Waals surface area contributed by atoms with Crippen LogP contribution in [0, 0.1) is 0 Å². The van der Waals surface area contributed by atoms with E-state index < -0.39 is 0 Å². The van der Waals surface area contributed by atoms with Crippen LogP contribution in [-0.4, -0.2) is 13.0 Å². The zero-order valence-electron chi connectivity index (χ0n) is 20.5. The van der Waals surface area contributed by atoms with Gasteiger partial charge in [0.05, 0.1) is 18.4 Å². The van der Waals surface area contributed by atoms with Crippen molar-refractivity contribution in [3.8, 4) is 16.9 Å². The molecule has 1 amide bonds. The van der Waals surface area contributed by atoms with Gasteiger partial charge in [-0.2, -0.15) is 0 Å². The average molecular weight is 470 g/mol. The normalized spacial score (nSPS) is 12.4. The molecule has 0 fully saturated rings. The van der Waals surface area contributed by atoms with Gasteiger partial charge >= 0.3 is 0 Å². The van der Waals surface area contributed by atoms with Gasteiger partial charge in [0.25, 0.3) is 5.91 Å². The van der Waals surface area contributed by atoms with Gasteiger partial charge in [0.2, 0.25) is 0 Å². The number of carbonyl (C=O) groups excluding carboxylic acids is 1. The number of methoxy groups -OCH3 is 1. The first-order valence-corrected chi connectivity index (χ1v) is 12.4. The molecule has 0 radical (unpaired) electrons. The van der Waals surface area contributed by atoms with E-state index in [1.54, 1.807) is 7.11 Å². The van der Waals surface area contributed by atoms with Gasteiger partial charge < -0.3 is 4.74 Å². The Balaban J connectivity index is 1.76. The van der Waals surface area contributed by atoms with Crippen LogP contribution in [0.3, 0.4) is 0 Å². The van der Waals surface area contributed by atoms with Crippen molar-refractivity contribution in [2.24, 2.45) is 0 Å². The molecular weight excluding hydrogens is 442 g/mol. The van der Waals surface area contributed by atoms with E-state index in [1.807, 2.05) is 59.5 Å². The zero-order chi connectivity index (χ0) is 24.6. The van der Waals surface area contributed by atoms with Crippen molar-refractivity contribution >= 4 is 28.1 Å². The minimum Gasteiger partial charge on any atom is -0.496 e. The molecule has 3 heteroatoms. The molecule has 0 aromatic heterocycles. The van der Waals surface area contributed by atoms with Crippen molar-refractivity contribution in [1.82, 2.24) is 0 Å². The van der Waals surface area contributed by atoms with Gasteiger partial charge in [-0.05, 0) is 64.9 Å². The number of carbonyl (C=O) groups is 1. The Morgan fingerprint density at radius 3 is 1.97 bits per heavy atom. The zero-order valence-corrected chi connectivity index (χ0v) is 20.5. The third-order valence-electron chi connectivity index (χ3n) is 7.13. The topological polar surface area (TPSA) is 29.5 Å². The lowest BCUT2D eigenvalue weighted by Crippen LogP contribution is -2.22. The van der Waals surface area contributed by atoms with Gasteiger partial charge in [-0.25, -0.2) is 0 Å². The number of aryl methyl sites for hydroxylation is 1. The van der Waals surface area contributed by atoms with Crippen molar-refractivity contribution in [2.45, 2.75) is 19.8 Å². The summed E-state index contributed by atoms with van der Waals surface area (Å²) in [6.45, 7) is 2.19. The number of rotatable bonds is 6. The van der Waals surface area contributed by atoms with Gasteiger partial charge in [-0.1, -0.05) is 85.8 Å². The highest BCUT2D eigenvalue weighted by atomic mass is 16.5. The Kier molecular flexibility index (Phi) is 5.54. The van der Waals surface area contributed by atoms with E-state index in [0.717, 1.165) is 56.6 Å². The number of benzene rings is 5. The molecule has 0 saturated heterocycles. The SMILES string of the molecule is CCc1c(-c2ccccc2)c(Cc2ccccc2)c2c3c(ccc(OC)c13)N(c1ccccc1)C2=O. The second-order valence-electron chi connectivity index (χ2n) is 9.10. The molecule has 0 saturated carbocycles. The summed E-state index contributed by atoms with van der Waals surface area (Å²) in [7, 11) is 1.71. The molecule has 5 aromatic rings. The Bertz CT molecular complexity index is 1580. The monoisotopic (exact) mass is 469 g/mol. The number of ether oxygens (including phenoxy) is 1. The van der Waals surface area contributed by atoms with E-state index >= 15 is 0 Å². The Labute approximate surface area is 211 Å². The van der Waals surface area contributed by atoms with E-state index in [-0.39, 0.29) is 5.91 Å². The first-order chi connectivity index (χ1) is 17.7.